The summed E-state index contributed by atoms with van der Waals surface area (Å²) < 4.78 is 0. The molecule has 4 heteroatoms. The smallest absolute Gasteiger partial charge is 0.318 e. The number of carbonyl (C=O) groups excluding carboxylic acids is 1. The van der Waals surface area contributed by atoms with E-state index in [2.05, 4.69) is 10.6 Å². The van der Waals surface area contributed by atoms with E-state index in [4.69, 9.17) is 5.11 Å². The average molecular weight is 256 g/mol. The number of rotatable bonds is 3. The lowest BCUT2D eigenvalue weighted by Gasteiger charge is -2.11. The van der Waals surface area contributed by atoms with Crippen molar-refractivity contribution in [2.75, 3.05) is 12.4 Å². The SMILES string of the molecule is CNC(=O)Nc1ccccc1-c1ccc(CO)cc1. The van der Waals surface area contributed by atoms with E-state index in [-0.39, 0.29) is 12.6 Å². The molecule has 2 rings (SSSR count). The highest BCUT2D eigenvalue weighted by Gasteiger charge is 2.06. The molecule has 3 N–H and O–H groups in total. The Balaban J connectivity index is 2.35. The van der Waals surface area contributed by atoms with Gasteiger partial charge in [-0.25, -0.2) is 4.79 Å². The molecule has 2 amide bonds. The molecule has 0 radical (unpaired) electrons. The number of para-hydroxylation sites is 1. The second-order valence-corrected chi connectivity index (χ2v) is 4.10. The van der Waals surface area contributed by atoms with Crippen LogP contribution >= 0.6 is 0 Å². The molecule has 0 aliphatic rings. The molecular weight excluding hydrogens is 240 g/mol. The number of aliphatic hydroxyl groups is 1. The van der Waals surface area contributed by atoms with Gasteiger partial charge in [-0.3, -0.25) is 0 Å². The van der Waals surface area contributed by atoms with Gasteiger partial charge >= 0.3 is 6.03 Å². The van der Waals surface area contributed by atoms with Crippen LogP contribution in [0.4, 0.5) is 10.5 Å². The zero-order valence-electron chi connectivity index (χ0n) is 10.7. The molecule has 0 aromatic heterocycles. The monoisotopic (exact) mass is 256 g/mol. The van der Waals surface area contributed by atoms with E-state index in [1.54, 1.807) is 7.05 Å². The first kappa shape index (κ1) is 13.1. The van der Waals surface area contributed by atoms with Crippen LogP contribution in [-0.4, -0.2) is 18.2 Å². The zero-order valence-corrected chi connectivity index (χ0v) is 10.7. The fraction of sp³-hybridized carbons (Fsp3) is 0.133. The highest BCUT2D eigenvalue weighted by atomic mass is 16.3. The summed E-state index contributed by atoms with van der Waals surface area (Å²) in [7, 11) is 1.58. The fourth-order valence-corrected chi connectivity index (χ4v) is 1.82. The second kappa shape index (κ2) is 6.02. The van der Waals surface area contributed by atoms with Crippen LogP contribution in [0.2, 0.25) is 0 Å². The summed E-state index contributed by atoms with van der Waals surface area (Å²) in [4.78, 5) is 11.4. The van der Waals surface area contributed by atoms with Crippen molar-refractivity contribution < 1.29 is 9.90 Å². The Hall–Kier alpha value is -2.33. The van der Waals surface area contributed by atoms with Gasteiger partial charge in [-0.1, -0.05) is 42.5 Å². The largest absolute Gasteiger partial charge is 0.392 e. The lowest BCUT2D eigenvalue weighted by Crippen LogP contribution is -2.24. The maximum Gasteiger partial charge on any atom is 0.318 e. The first-order valence-corrected chi connectivity index (χ1v) is 6.02. The minimum atomic E-state index is -0.251. The van der Waals surface area contributed by atoms with Crippen LogP contribution in [0.5, 0.6) is 0 Å². The average Bonchev–Trinajstić information content (AvgIpc) is 2.48. The zero-order chi connectivity index (χ0) is 13.7. The van der Waals surface area contributed by atoms with E-state index < -0.39 is 0 Å². The van der Waals surface area contributed by atoms with Gasteiger partial charge in [0.15, 0.2) is 0 Å². The predicted octanol–water partition coefficient (Wildman–Crippen LogP) is 2.60. The van der Waals surface area contributed by atoms with Gasteiger partial charge in [0.1, 0.15) is 0 Å². The van der Waals surface area contributed by atoms with Crippen molar-refractivity contribution in [3.63, 3.8) is 0 Å². The van der Waals surface area contributed by atoms with Gasteiger partial charge in [-0.05, 0) is 17.2 Å². The van der Waals surface area contributed by atoms with Gasteiger partial charge in [0.25, 0.3) is 0 Å². The third-order valence-electron chi connectivity index (χ3n) is 2.85. The molecule has 2 aromatic carbocycles. The minimum Gasteiger partial charge on any atom is -0.392 e. The predicted molar refractivity (Wildman–Crippen MR) is 75.9 cm³/mol. The van der Waals surface area contributed by atoms with E-state index in [1.165, 1.54) is 0 Å². The standard InChI is InChI=1S/C15H16N2O2/c1-16-15(19)17-14-5-3-2-4-13(14)12-8-6-11(10-18)7-9-12/h2-9,18H,10H2,1H3,(H2,16,17,19). The Kier molecular flexibility index (Phi) is 4.15. The molecule has 0 saturated heterocycles. The first-order chi connectivity index (χ1) is 9.24. The van der Waals surface area contributed by atoms with Crippen LogP contribution in [0.25, 0.3) is 11.1 Å². The molecule has 0 unspecified atom stereocenters. The number of benzene rings is 2. The quantitative estimate of drug-likeness (QED) is 0.790. The summed E-state index contributed by atoms with van der Waals surface area (Å²) >= 11 is 0. The van der Waals surface area contributed by atoms with Crippen LogP contribution in [-0.2, 0) is 6.61 Å². The minimum absolute atomic E-state index is 0.0262. The Labute approximate surface area is 112 Å². The molecule has 0 aliphatic carbocycles. The third-order valence-corrected chi connectivity index (χ3v) is 2.85. The van der Waals surface area contributed by atoms with Crippen LogP contribution in [0.1, 0.15) is 5.56 Å². The van der Waals surface area contributed by atoms with Gasteiger partial charge in [0.05, 0.1) is 12.3 Å². The number of carbonyl (C=O) groups is 1. The van der Waals surface area contributed by atoms with Gasteiger partial charge in [-0.2, -0.15) is 0 Å². The maximum atomic E-state index is 11.4. The number of anilines is 1. The Morgan fingerprint density at radius 1 is 1.11 bits per heavy atom. The summed E-state index contributed by atoms with van der Waals surface area (Å²) in [5.74, 6) is 0. The summed E-state index contributed by atoms with van der Waals surface area (Å²) in [6.07, 6.45) is 0. The number of hydrogen-bond donors (Lipinski definition) is 3. The molecule has 19 heavy (non-hydrogen) atoms. The number of urea groups is 1. The third kappa shape index (κ3) is 3.11. The molecule has 2 aromatic rings. The molecule has 0 fully saturated rings. The Morgan fingerprint density at radius 3 is 2.42 bits per heavy atom. The van der Waals surface area contributed by atoms with Crippen molar-refractivity contribution >= 4 is 11.7 Å². The van der Waals surface area contributed by atoms with E-state index in [0.29, 0.717) is 0 Å². The van der Waals surface area contributed by atoms with Gasteiger partial charge in [0.2, 0.25) is 0 Å². The van der Waals surface area contributed by atoms with Crippen molar-refractivity contribution in [3.05, 3.63) is 54.1 Å². The Morgan fingerprint density at radius 2 is 1.79 bits per heavy atom. The first-order valence-electron chi connectivity index (χ1n) is 6.02. The topological polar surface area (TPSA) is 61.4 Å². The highest BCUT2D eigenvalue weighted by molar-refractivity contribution is 5.94. The summed E-state index contributed by atoms with van der Waals surface area (Å²) in [6, 6.07) is 14.9. The fourth-order valence-electron chi connectivity index (χ4n) is 1.82. The van der Waals surface area contributed by atoms with Gasteiger partial charge < -0.3 is 15.7 Å². The van der Waals surface area contributed by atoms with Crippen molar-refractivity contribution in [3.8, 4) is 11.1 Å². The van der Waals surface area contributed by atoms with Gasteiger partial charge in [-0.15, -0.1) is 0 Å². The number of hydrogen-bond acceptors (Lipinski definition) is 2. The number of aliphatic hydroxyl groups excluding tert-OH is 1. The molecule has 0 saturated carbocycles. The van der Waals surface area contributed by atoms with Crippen LogP contribution in [0.3, 0.4) is 0 Å². The highest BCUT2D eigenvalue weighted by Crippen LogP contribution is 2.27. The van der Waals surface area contributed by atoms with Crippen molar-refractivity contribution in [1.82, 2.24) is 5.32 Å². The van der Waals surface area contributed by atoms with Crippen LogP contribution in [0, 0.1) is 0 Å². The molecule has 0 bridgehead atoms. The molecular formula is C15H16N2O2. The van der Waals surface area contributed by atoms with E-state index in [0.717, 1.165) is 22.4 Å². The van der Waals surface area contributed by atoms with Crippen molar-refractivity contribution in [1.29, 1.82) is 0 Å². The van der Waals surface area contributed by atoms with Crippen LogP contribution in [0.15, 0.2) is 48.5 Å². The summed E-state index contributed by atoms with van der Waals surface area (Å²) in [5.41, 5.74) is 3.54. The molecule has 0 spiro atoms. The lowest BCUT2D eigenvalue weighted by molar-refractivity contribution is 0.254. The lowest BCUT2D eigenvalue weighted by atomic mass is 10.0. The Bertz CT molecular complexity index is 565. The summed E-state index contributed by atoms with van der Waals surface area (Å²) in [6.45, 7) is 0.0262. The second-order valence-electron chi connectivity index (χ2n) is 4.10. The van der Waals surface area contributed by atoms with Crippen molar-refractivity contribution in [2.45, 2.75) is 6.61 Å². The van der Waals surface area contributed by atoms with E-state index >= 15 is 0 Å². The number of nitrogens with one attached hydrogen (secondary N) is 2. The van der Waals surface area contributed by atoms with E-state index in [9.17, 15) is 4.79 Å². The normalized spacial score (nSPS) is 10.0. The molecule has 98 valence electrons. The van der Waals surface area contributed by atoms with Gasteiger partial charge in [0, 0.05) is 12.6 Å². The van der Waals surface area contributed by atoms with Crippen molar-refractivity contribution in [2.24, 2.45) is 0 Å². The number of amides is 2. The van der Waals surface area contributed by atoms with Crippen LogP contribution < -0.4 is 10.6 Å². The van der Waals surface area contributed by atoms with E-state index in [1.807, 2.05) is 48.5 Å². The molecule has 0 heterocycles. The molecule has 0 atom stereocenters. The molecule has 0 aliphatic heterocycles. The maximum absolute atomic E-state index is 11.4. The summed E-state index contributed by atoms with van der Waals surface area (Å²) in [5, 5.41) is 14.4. The molecule has 4 nitrogen and oxygen atoms in total.